The van der Waals surface area contributed by atoms with E-state index in [1.165, 1.54) is 6.07 Å². The van der Waals surface area contributed by atoms with Crippen molar-refractivity contribution in [1.29, 1.82) is 0 Å². The maximum absolute atomic E-state index is 13.6. The topological polar surface area (TPSA) is 49.4 Å². The molecular formula is C22H25FN2O2. The molecule has 0 radical (unpaired) electrons. The lowest BCUT2D eigenvalue weighted by molar-refractivity contribution is -0.135. The molecule has 2 aromatic rings. The normalized spacial score (nSPS) is 14.8. The molecule has 3 rings (SSSR count). The van der Waals surface area contributed by atoms with Crippen LogP contribution in [0.3, 0.4) is 0 Å². The molecule has 0 spiro atoms. The minimum Gasteiger partial charge on any atom is -0.352 e. The maximum Gasteiger partial charge on any atom is 0.223 e. The van der Waals surface area contributed by atoms with Crippen molar-refractivity contribution in [2.75, 3.05) is 13.1 Å². The molecule has 0 atom stereocenters. The van der Waals surface area contributed by atoms with Gasteiger partial charge in [-0.1, -0.05) is 48.5 Å². The van der Waals surface area contributed by atoms with E-state index in [9.17, 15) is 14.0 Å². The molecule has 0 aromatic heterocycles. The Labute approximate surface area is 159 Å². The molecule has 1 aliphatic heterocycles. The molecule has 27 heavy (non-hydrogen) atoms. The number of carbonyl (C=O) groups excluding carboxylic acids is 2. The van der Waals surface area contributed by atoms with Gasteiger partial charge in [0, 0.05) is 37.5 Å². The predicted octanol–water partition coefficient (Wildman–Crippen LogP) is 3.31. The molecule has 0 unspecified atom stereocenters. The molecule has 2 amide bonds. The molecule has 1 fully saturated rings. The van der Waals surface area contributed by atoms with Crippen molar-refractivity contribution in [3.8, 4) is 0 Å². The number of likely N-dealkylation sites (tertiary alicyclic amines) is 1. The standard InChI is InChI=1S/C22H25FN2O2/c23-20-9-5-4-8-19(20)16-24-22(27)18-12-14-25(15-13-18)21(26)11-10-17-6-2-1-3-7-17/h1-9,18H,10-16H2,(H,24,27). The third-order valence-corrected chi connectivity index (χ3v) is 5.10. The maximum atomic E-state index is 13.6. The summed E-state index contributed by atoms with van der Waals surface area (Å²) in [6.45, 7) is 1.40. The van der Waals surface area contributed by atoms with Crippen LogP contribution in [0.4, 0.5) is 4.39 Å². The van der Waals surface area contributed by atoms with Crippen molar-refractivity contribution in [3.63, 3.8) is 0 Å². The van der Waals surface area contributed by atoms with E-state index in [4.69, 9.17) is 0 Å². The number of carbonyl (C=O) groups is 2. The Balaban J connectivity index is 1.40. The number of hydrogen-bond acceptors (Lipinski definition) is 2. The number of hydrogen-bond donors (Lipinski definition) is 1. The Morgan fingerprint density at radius 1 is 1.00 bits per heavy atom. The highest BCUT2D eigenvalue weighted by molar-refractivity contribution is 5.80. The van der Waals surface area contributed by atoms with E-state index in [1.807, 2.05) is 35.2 Å². The Hall–Kier alpha value is -2.69. The average Bonchev–Trinajstić information content (AvgIpc) is 2.72. The first-order chi connectivity index (χ1) is 13.1. The van der Waals surface area contributed by atoms with Crippen LogP contribution < -0.4 is 5.32 Å². The predicted molar refractivity (Wildman–Crippen MR) is 102 cm³/mol. The molecule has 1 heterocycles. The molecule has 0 saturated carbocycles. The smallest absolute Gasteiger partial charge is 0.223 e. The zero-order valence-electron chi connectivity index (χ0n) is 15.4. The average molecular weight is 368 g/mol. The lowest BCUT2D eigenvalue weighted by Crippen LogP contribution is -2.43. The fourth-order valence-corrected chi connectivity index (χ4v) is 3.41. The summed E-state index contributed by atoms with van der Waals surface area (Å²) in [5.74, 6) is -0.342. The van der Waals surface area contributed by atoms with Gasteiger partial charge >= 0.3 is 0 Å². The summed E-state index contributed by atoms with van der Waals surface area (Å²) in [4.78, 5) is 26.6. The van der Waals surface area contributed by atoms with Gasteiger partial charge in [0.05, 0.1) is 0 Å². The Kier molecular flexibility index (Phi) is 6.58. The van der Waals surface area contributed by atoms with Crippen molar-refractivity contribution in [2.45, 2.75) is 32.2 Å². The molecule has 5 heteroatoms. The molecule has 0 bridgehead atoms. The minimum absolute atomic E-state index is 0.0605. The van der Waals surface area contributed by atoms with Crippen LogP contribution >= 0.6 is 0 Å². The van der Waals surface area contributed by atoms with Gasteiger partial charge in [-0.3, -0.25) is 9.59 Å². The summed E-state index contributed by atoms with van der Waals surface area (Å²) < 4.78 is 13.6. The molecule has 142 valence electrons. The van der Waals surface area contributed by atoms with Crippen molar-refractivity contribution in [3.05, 3.63) is 71.5 Å². The summed E-state index contributed by atoms with van der Waals surface area (Å²) in [6.07, 6.45) is 2.54. The summed E-state index contributed by atoms with van der Waals surface area (Å²) in [6, 6.07) is 16.4. The first-order valence-electron chi connectivity index (χ1n) is 9.46. The highest BCUT2D eigenvalue weighted by Gasteiger charge is 2.27. The van der Waals surface area contributed by atoms with E-state index < -0.39 is 0 Å². The van der Waals surface area contributed by atoms with Crippen molar-refractivity contribution in [1.82, 2.24) is 10.2 Å². The van der Waals surface area contributed by atoms with Gasteiger partial charge < -0.3 is 10.2 Å². The van der Waals surface area contributed by atoms with Crippen molar-refractivity contribution >= 4 is 11.8 Å². The molecule has 1 saturated heterocycles. The van der Waals surface area contributed by atoms with E-state index in [1.54, 1.807) is 18.2 Å². The largest absolute Gasteiger partial charge is 0.352 e. The summed E-state index contributed by atoms with van der Waals surface area (Å²) in [5.41, 5.74) is 1.65. The van der Waals surface area contributed by atoms with E-state index in [-0.39, 0.29) is 30.1 Å². The summed E-state index contributed by atoms with van der Waals surface area (Å²) in [5, 5.41) is 2.82. The third-order valence-electron chi connectivity index (χ3n) is 5.10. The zero-order valence-corrected chi connectivity index (χ0v) is 15.4. The Morgan fingerprint density at radius 3 is 2.37 bits per heavy atom. The molecular weight excluding hydrogens is 343 g/mol. The zero-order chi connectivity index (χ0) is 19.1. The van der Waals surface area contributed by atoms with Gasteiger partial charge in [-0.05, 0) is 30.9 Å². The Morgan fingerprint density at radius 2 is 1.67 bits per heavy atom. The van der Waals surface area contributed by atoms with Gasteiger partial charge in [-0.2, -0.15) is 0 Å². The van der Waals surface area contributed by atoms with E-state index in [0.717, 1.165) is 12.0 Å². The fraction of sp³-hybridized carbons (Fsp3) is 0.364. The number of nitrogens with zero attached hydrogens (tertiary/aromatic N) is 1. The molecule has 1 N–H and O–H groups in total. The number of benzene rings is 2. The van der Waals surface area contributed by atoms with Crippen LogP contribution in [-0.4, -0.2) is 29.8 Å². The monoisotopic (exact) mass is 368 g/mol. The van der Waals surface area contributed by atoms with Crippen LogP contribution in [0.25, 0.3) is 0 Å². The number of piperidine rings is 1. The second-order valence-corrected chi connectivity index (χ2v) is 6.95. The first-order valence-corrected chi connectivity index (χ1v) is 9.46. The van der Waals surface area contributed by atoms with Gasteiger partial charge in [0.25, 0.3) is 0 Å². The second kappa shape index (κ2) is 9.31. The van der Waals surface area contributed by atoms with E-state index in [2.05, 4.69) is 5.32 Å². The van der Waals surface area contributed by atoms with Crippen LogP contribution in [0, 0.1) is 11.7 Å². The van der Waals surface area contributed by atoms with Gasteiger partial charge in [0.1, 0.15) is 5.82 Å². The number of nitrogens with one attached hydrogen (secondary N) is 1. The SMILES string of the molecule is O=C(NCc1ccccc1F)C1CCN(C(=O)CCc2ccccc2)CC1. The van der Waals surface area contributed by atoms with Crippen LogP contribution in [0.2, 0.25) is 0 Å². The van der Waals surface area contributed by atoms with E-state index in [0.29, 0.717) is 37.9 Å². The Bertz CT molecular complexity index is 771. The first kappa shape index (κ1) is 19.1. The highest BCUT2D eigenvalue weighted by atomic mass is 19.1. The lowest BCUT2D eigenvalue weighted by Gasteiger charge is -2.31. The quantitative estimate of drug-likeness (QED) is 0.850. The second-order valence-electron chi connectivity index (χ2n) is 6.95. The number of amides is 2. The highest BCUT2D eigenvalue weighted by Crippen LogP contribution is 2.19. The fourth-order valence-electron chi connectivity index (χ4n) is 3.41. The van der Waals surface area contributed by atoms with Gasteiger partial charge in [-0.15, -0.1) is 0 Å². The summed E-state index contributed by atoms with van der Waals surface area (Å²) >= 11 is 0. The van der Waals surface area contributed by atoms with Gasteiger partial charge in [0.15, 0.2) is 0 Å². The molecule has 4 nitrogen and oxygen atoms in total. The molecule has 2 aromatic carbocycles. The lowest BCUT2D eigenvalue weighted by atomic mass is 9.95. The number of rotatable bonds is 6. The van der Waals surface area contributed by atoms with E-state index >= 15 is 0 Å². The number of halogens is 1. The van der Waals surface area contributed by atoms with Gasteiger partial charge in [-0.25, -0.2) is 4.39 Å². The van der Waals surface area contributed by atoms with Crippen LogP contribution in [0.5, 0.6) is 0 Å². The van der Waals surface area contributed by atoms with Crippen molar-refractivity contribution < 1.29 is 14.0 Å². The minimum atomic E-state index is -0.309. The molecule has 1 aliphatic rings. The van der Waals surface area contributed by atoms with Crippen LogP contribution in [-0.2, 0) is 22.6 Å². The van der Waals surface area contributed by atoms with Crippen LogP contribution in [0.1, 0.15) is 30.4 Å². The number of aryl methyl sites for hydroxylation is 1. The molecule has 0 aliphatic carbocycles. The summed E-state index contributed by atoms with van der Waals surface area (Å²) in [7, 11) is 0. The van der Waals surface area contributed by atoms with Crippen molar-refractivity contribution in [2.24, 2.45) is 5.92 Å². The van der Waals surface area contributed by atoms with Crippen LogP contribution in [0.15, 0.2) is 54.6 Å². The third kappa shape index (κ3) is 5.39. The van der Waals surface area contributed by atoms with Gasteiger partial charge in [0.2, 0.25) is 11.8 Å².